The van der Waals surface area contributed by atoms with Crippen LogP contribution in [-0.4, -0.2) is 35.2 Å². The molecule has 0 spiro atoms. The molecule has 1 aromatic carbocycles. The van der Waals surface area contributed by atoms with E-state index in [-0.39, 0.29) is 11.5 Å². The lowest BCUT2D eigenvalue weighted by Crippen LogP contribution is -2.34. The van der Waals surface area contributed by atoms with Gasteiger partial charge in [0, 0.05) is 10.0 Å². The largest absolute Gasteiger partial charge is 0.465 e. The SMILES string of the molecule is CCOC(=O)CN1C(=O)S/C(=C\c2ccc(Cl)cc2Cl)C1=O. The summed E-state index contributed by atoms with van der Waals surface area (Å²) in [6.07, 6.45) is 1.49. The van der Waals surface area contributed by atoms with Crippen molar-refractivity contribution in [2.24, 2.45) is 0 Å². The first-order valence-electron chi connectivity index (χ1n) is 6.28. The maximum Gasteiger partial charge on any atom is 0.326 e. The molecule has 1 fully saturated rings. The van der Waals surface area contributed by atoms with Crippen LogP contribution in [0, 0.1) is 0 Å². The third kappa shape index (κ3) is 3.82. The van der Waals surface area contributed by atoms with Gasteiger partial charge < -0.3 is 4.74 Å². The molecule has 2 amide bonds. The molecule has 1 saturated heterocycles. The molecule has 0 aliphatic carbocycles. The number of rotatable bonds is 4. The number of halogens is 2. The van der Waals surface area contributed by atoms with E-state index in [2.05, 4.69) is 0 Å². The third-order valence-corrected chi connectivity index (χ3v) is 4.19. The van der Waals surface area contributed by atoms with E-state index in [1.165, 1.54) is 12.1 Å². The van der Waals surface area contributed by atoms with Crippen molar-refractivity contribution >= 4 is 58.2 Å². The third-order valence-electron chi connectivity index (χ3n) is 2.72. The molecular weight excluding hydrogens is 349 g/mol. The van der Waals surface area contributed by atoms with Crippen LogP contribution in [0.3, 0.4) is 0 Å². The summed E-state index contributed by atoms with van der Waals surface area (Å²) in [6, 6.07) is 4.81. The first-order valence-corrected chi connectivity index (χ1v) is 7.85. The van der Waals surface area contributed by atoms with Crippen LogP contribution in [0.15, 0.2) is 23.1 Å². The number of carbonyl (C=O) groups is 3. The van der Waals surface area contributed by atoms with E-state index < -0.39 is 23.7 Å². The molecule has 1 aliphatic heterocycles. The van der Waals surface area contributed by atoms with E-state index in [1.807, 2.05) is 0 Å². The molecule has 116 valence electrons. The highest BCUT2D eigenvalue weighted by molar-refractivity contribution is 8.18. The van der Waals surface area contributed by atoms with E-state index >= 15 is 0 Å². The zero-order valence-electron chi connectivity index (χ0n) is 11.5. The number of ether oxygens (including phenoxy) is 1. The molecule has 0 bridgehead atoms. The van der Waals surface area contributed by atoms with Crippen molar-refractivity contribution in [2.75, 3.05) is 13.2 Å². The van der Waals surface area contributed by atoms with Gasteiger partial charge in [-0.1, -0.05) is 29.3 Å². The Morgan fingerprint density at radius 3 is 2.73 bits per heavy atom. The Hall–Kier alpha value is -1.50. The van der Waals surface area contributed by atoms with Gasteiger partial charge in [-0.15, -0.1) is 0 Å². The second-order valence-electron chi connectivity index (χ2n) is 4.24. The molecule has 1 heterocycles. The van der Waals surface area contributed by atoms with E-state index in [1.54, 1.807) is 19.1 Å². The number of hydrogen-bond donors (Lipinski definition) is 0. The average Bonchev–Trinajstić information content (AvgIpc) is 2.70. The van der Waals surface area contributed by atoms with E-state index in [9.17, 15) is 14.4 Å². The Kier molecular flexibility index (Phi) is 5.50. The minimum atomic E-state index is -0.629. The maximum atomic E-state index is 12.2. The van der Waals surface area contributed by atoms with Crippen molar-refractivity contribution in [3.8, 4) is 0 Å². The molecule has 5 nitrogen and oxygen atoms in total. The summed E-state index contributed by atoms with van der Waals surface area (Å²) in [5, 5.41) is 0.316. The van der Waals surface area contributed by atoms with Crippen molar-refractivity contribution in [2.45, 2.75) is 6.92 Å². The zero-order valence-corrected chi connectivity index (χ0v) is 13.8. The average molecular weight is 360 g/mol. The number of carbonyl (C=O) groups excluding carboxylic acids is 3. The van der Waals surface area contributed by atoms with Crippen LogP contribution in [0.2, 0.25) is 10.0 Å². The highest BCUT2D eigenvalue weighted by Crippen LogP contribution is 2.33. The molecule has 2 rings (SSSR count). The summed E-state index contributed by atoms with van der Waals surface area (Å²) in [4.78, 5) is 36.5. The highest BCUT2D eigenvalue weighted by atomic mass is 35.5. The van der Waals surface area contributed by atoms with Gasteiger partial charge in [-0.2, -0.15) is 0 Å². The van der Waals surface area contributed by atoms with E-state index in [4.69, 9.17) is 27.9 Å². The Balaban J connectivity index is 2.20. The number of nitrogens with zero attached hydrogens (tertiary/aromatic N) is 1. The summed E-state index contributed by atoms with van der Waals surface area (Å²) in [5.74, 6) is -1.18. The van der Waals surface area contributed by atoms with E-state index in [0.29, 0.717) is 15.6 Å². The second kappa shape index (κ2) is 7.17. The van der Waals surface area contributed by atoms with Gasteiger partial charge in [-0.05, 0) is 42.5 Å². The minimum Gasteiger partial charge on any atom is -0.465 e. The molecule has 0 atom stereocenters. The Morgan fingerprint density at radius 2 is 2.09 bits per heavy atom. The number of amides is 2. The van der Waals surface area contributed by atoms with Crippen molar-refractivity contribution in [1.29, 1.82) is 0 Å². The fraction of sp³-hybridized carbons (Fsp3) is 0.214. The molecule has 22 heavy (non-hydrogen) atoms. The summed E-state index contributed by atoms with van der Waals surface area (Å²) >= 11 is 12.6. The molecule has 0 aromatic heterocycles. The standard InChI is InChI=1S/C14H11Cl2NO4S/c1-2-21-12(18)7-17-13(19)11(22-14(17)20)5-8-3-4-9(15)6-10(8)16/h3-6H,2,7H2,1H3/b11-5-. The number of hydrogen-bond acceptors (Lipinski definition) is 5. The topological polar surface area (TPSA) is 63.7 Å². The van der Waals surface area contributed by atoms with Gasteiger partial charge in [0.05, 0.1) is 11.5 Å². The highest BCUT2D eigenvalue weighted by Gasteiger charge is 2.36. The monoisotopic (exact) mass is 359 g/mol. The van der Waals surface area contributed by atoms with Crippen LogP contribution >= 0.6 is 35.0 Å². The van der Waals surface area contributed by atoms with Crippen LogP contribution in [-0.2, 0) is 14.3 Å². The van der Waals surface area contributed by atoms with Crippen LogP contribution in [0.4, 0.5) is 4.79 Å². The first-order chi connectivity index (χ1) is 10.4. The van der Waals surface area contributed by atoms with Crippen LogP contribution in [0.5, 0.6) is 0 Å². The predicted molar refractivity (Wildman–Crippen MR) is 85.8 cm³/mol. The van der Waals surface area contributed by atoms with Gasteiger partial charge in [0.15, 0.2) is 0 Å². The second-order valence-corrected chi connectivity index (χ2v) is 6.08. The molecule has 0 saturated carbocycles. The Labute approximate surface area is 141 Å². The number of esters is 1. The molecule has 1 aliphatic rings. The van der Waals surface area contributed by atoms with Gasteiger partial charge in [0.2, 0.25) is 0 Å². The van der Waals surface area contributed by atoms with Gasteiger partial charge in [0.25, 0.3) is 11.1 Å². The van der Waals surface area contributed by atoms with Crippen LogP contribution in [0.25, 0.3) is 6.08 Å². The van der Waals surface area contributed by atoms with Crippen molar-refractivity contribution in [1.82, 2.24) is 4.90 Å². The van der Waals surface area contributed by atoms with Gasteiger partial charge >= 0.3 is 5.97 Å². The first kappa shape index (κ1) is 16.9. The molecule has 0 unspecified atom stereocenters. The Morgan fingerprint density at radius 1 is 1.36 bits per heavy atom. The van der Waals surface area contributed by atoms with Crippen molar-refractivity contribution in [3.05, 3.63) is 38.7 Å². The van der Waals surface area contributed by atoms with Gasteiger partial charge in [-0.3, -0.25) is 19.3 Å². The summed E-state index contributed by atoms with van der Waals surface area (Å²) < 4.78 is 4.74. The summed E-state index contributed by atoms with van der Waals surface area (Å²) in [5.41, 5.74) is 0.563. The molecule has 1 aromatic rings. The smallest absolute Gasteiger partial charge is 0.326 e. The van der Waals surface area contributed by atoms with Crippen LogP contribution < -0.4 is 0 Å². The lowest BCUT2D eigenvalue weighted by atomic mass is 10.2. The van der Waals surface area contributed by atoms with Crippen LogP contribution in [0.1, 0.15) is 12.5 Å². The number of benzene rings is 1. The normalized spacial score (nSPS) is 16.5. The molecule has 0 radical (unpaired) electrons. The molecule has 8 heteroatoms. The zero-order chi connectivity index (χ0) is 16.3. The lowest BCUT2D eigenvalue weighted by Gasteiger charge is -2.10. The summed E-state index contributed by atoms with van der Waals surface area (Å²) in [6.45, 7) is 1.43. The lowest BCUT2D eigenvalue weighted by molar-refractivity contribution is -0.145. The van der Waals surface area contributed by atoms with Crippen molar-refractivity contribution in [3.63, 3.8) is 0 Å². The fourth-order valence-corrected chi connectivity index (χ4v) is 3.02. The quantitative estimate of drug-likeness (QED) is 0.607. The van der Waals surface area contributed by atoms with Gasteiger partial charge in [-0.25, -0.2) is 0 Å². The molecule has 0 N–H and O–H groups in total. The Bertz CT molecular complexity index is 675. The van der Waals surface area contributed by atoms with E-state index in [0.717, 1.165) is 16.7 Å². The fourth-order valence-electron chi connectivity index (χ4n) is 1.73. The van der Waals surface area contributed by atoms with Crippen molar-refractivity contribution < 1.29 is 19.1 Å². The summed E-state index contributed by atoms with van der Waals surface area (Å²) in [7, 11) is 0. The van der Waals surface area contributed by atoms with Gasteiger partial charge in [0.1, 0.15) is 6.54 Å². The minimum absolute atomic E-state index is 0.186. The predicted octanol–water partition coefficient (Wildman–Crippen LogP) is 3.59. The number of thioether (sulfide) groups is 1. The maximum absolute atomic E-state index is 12.2. The number of imide groups is 1. The molecular formula is C14H11Cl2NO4S.